The lowest BCUT2D eigenvalue weighted by Crippen LogP contribution is -2.35. The third-order valence-corrected chi connectivity index (χ3v) is 6.62. The number of methoxy groups -OCH3 is 1. The van der Waals surface area contributed by atoms with E-state index in [4.69, 9.17) is 10.5 Å². The molecule has 0 saturated carbocycles. The molecule has 9 heteroatoms. The number of benzene rings is 1. The van der Waals surface area contributed by atoms with E-state index in [9.17, 15) is 16.8 Å². The summed E-state index contributed by atoms with van der Waals surface area (Å²) < 4.78 is 55.1. The maximum absolute atomic E-state index is 12.4. The Hall–Kier alpha value is -1.16. The molecule has 1 aliphatic heterocycles. The number of ether oxygens (including phenoxy) is 1. The van der Waals surface area contributed by atoms with Gasteiger partial charge < -0.3 is 10.5 Å². The lowest BCUT2D eigenvalue weighted by Gasteiger charge is -2.15. The lowest BCUT2D eigenvalue weighted by molar-refractivity contribution is 0.402. The first-order valence-corrected chi connectivity index (χ1v) is 9.67. The molecule has 2 rings (SSSR count). The van der Waals surface area contributed by atoms with Crippen molar-refractivity contribution in [3.8, 4) is 5.75 Å². The first-order chi connectivity index (χ1) is 9.77. The van der Waals surface area contributed by atoms with Crippen LogP contribution in [0.4, 0.5) is 0 Å². The van der Waals surface area contributed by atoms with Crippen molar-refractivity contribution < 1.29 is 21.6 Å². The smallest absolute Gasteiger partial charge is 0.244 e. The van der Waals surface area contributed by atoms with Crippen molar-refractivity contribution in [3.05, 3.63) is 23.8 Å². The molecule has 1 atom stereocenters. The van der Waals surface area contributed by atoms with Gasteiger partial charge in [-0.25, -0.2) is 21.6 Å². The van der Waals surface area contributed by atoms with Crippen LogP contribution in [0.2, 0.25) is 0 Å². The summed E-state index contributed by atoms with van der Waals surface area (Å²) in [5.41, 5.74) is 6.17. The van der Waals surface area contributed by atoms with E-state index in [0.29, 0.717) is 5.56 Å². The van der Waals surface area contributed by atoms with Crippen LogP contribution in [0, 0.1) is 0 Å². The molecular weight excluding hydrogens is 316 g/mol. The minimum absolute atomic E-state index is 0.000160. The van der Waals surface area contributed by atoms with E-state index in [1.807, 2.05) is 0 Å². The third kappa shape index (κ3) is 3.73. The fourth-order valence-electron chi connectivity index (χ4n) is 2.23. The van der Waals surface area contributed by atoms with Gasteiger partial charge in [-0.1, -0.05) is 6.07 Å². The van der Waals surface area contributed by atoms with Gasteiger partial charge in [0.15, 0.2) is 9.84 Å². The largest absolute Gasteiger partial charge is 0.495 e. The number of nitrogens with two attached hydrogens (primary N) is 1. The van der Waals surface area contributed by atoms with Gasteiger partial charge in [0.05, 0.1) is 18.6 Å². The van der Waals surface area contributed by atoms with E-state index in [-0.39, 0.29) is 35.1 Å². The molecule has 1 unspecified atom stereocenters. The Labute approximate surface area is 124 Å². The minimum Gasteiger partial charge on any atom is -0.495 e. The van der Waals surface area contributed by atoms with Crippen LogP contribution >= 0.6 is 0 Å². The van der Waals surface area contributed by atoms with Crippen molar-refractivity contribution in [2.75, 3.05) is 18.6 Å². The highest BCUT2D eigenvalue weighted by atomic mass is 32.2. The summed E-state index contributed by atoms with van der Waals surface area (Å²) in [6.07, 6.45) is 0.278. The number of hydrogen-bond donors (Lipinski definition) is 2. The Morgan fingerprint density at radius 2 is 2.14 bits per heavy atom. The number of nitrogens with one attached hydrogen (secondary N) is 1. The summed E-state index contributed by atoms with van der Waals surface area (Å²) in [4.78, 5) is -0.0303. The van der Waals surface area contributed by atoms with Gasteiger partial charge in [-0.05, 0) is 24.1 Å². The van der Waals surface area contributed by atoms with Gasteiger partial charge >= 0.3 is 0 Å². The summed E-state index contributed by atoms with van der Waals surface area (Å²) in [5.74, 6) is 0.0196. The fourth-order valence-corrected chi connectivity index (χ4v) is 5.50. The standard InChI is InChI=1S/C12H18N2O5S2/c1-19-11-3-2-9(7-13)6-12(11)21(17,18)14-10-4-5-20(15,16)8-10/h2-3,6,10,14H,4-5,7-8,13H2,1H3. The zero-order valence-electron chi connectivity index (χ0n) is 11.6. The topological polar surface area (TPSA) is 116 Å². The highest BCUT2D eigenvalue weighted by molar-refractivity contribution is 7.92. The predicted molar refractivity (Wildman–Crippen MR) is 78.3 cm³/mol. The van der Waals surface area contributed by atoms with E-state index >= 15 is 0 Å². The Kier molecular flexibility index (Phi) is 4.57. The normalized spacial score (nSPS) is 21.3. The first-order valence-electron chi connectivity index (χ1n) is 6.37. The summed E-state index contributed by atoms with van der Waals surface area (Å²) in [7, 11) is -5.65. The quantitative estimate of drug-likeness (QED) is 0.758. The molecule has 21 heavy (non-hydrogen) atoms. The first kappa shape index (κ1) is 16.2. The molecule has 0 bridgehead atoms. The van der Waals surface area contributed by atoms with Crippen molar-refractivity contribution >= 4 is 19.9 Å². The van der Waals surface area contributed by atoms with Gasteiger partial charge in [0.2, 0.25) is 10.0 Å². The van der Waals surface area contributed by atoms with Crippen molar-refractivity contribution in [2.24, 2.45) is 5.73 Å². The zero-order valence-corrected chi connectivity index (χ0v) is 13.2. The van der Waals surface area contributed by atoms with Gasteiger partial charge in [-0.3, -0.25) is 0 Å². The predicted octanol–water partition coefficient (Wildman–Crippen LogP) is -0.381. The van der Waals surface area contributed by atoms with E-state index < -0.39 is 25.9 Å². The summed E-state index contributed by atoms with van der Waals surface area (Å²) in [6, 6.07) is 4.04. The zero-order chi connectivity index (χ0) is 15.7. The number of sulfonamides is 1. The second kappa shape index (κ2) is 5.91. The van der Waals surface area contributed by atoms with E-state index in [2.05, 4.69) is 4.72 Å². The molecule has 0 spiro atoms. The van der Waals surface area contributed by atoms with Crippen LogP contribution in [0.25, 0.3) is 0 Å². The van der Waals surface area contributed by atoms with E-state index in [0.717, 1.165) is 0 Å². The molecule has 1 aromatic carbocycles. The number of hydrogen-bond acceptors (Lipinski definition) is 6. The number of sulfone groups is 1. The van der Waals surface area contributed by atoms with Crippen molar-refractivity contribution in [3.63, 3.8) is 0 Å². The maximum Gasteiger partial charge on any atom is 0.244 e. The summed E-state index contributed by atoms with van der Waals surface area (Å²) >= 11 is 0. The van der Waals surface area contributed by atoms with E-state index in [1.165, 1.54) is 19.2 Å². The molecule has 0 radical (unpaired) electrons. The van der Waals surface area contributed by atoms with Gasteiger partial charge in [0.25, 0.3) is 0 Å². The lowest BCUT2D eigenvalue weighted by atomic mass is 10.2. The van der Waals surface area contributed by atoms with Gasteiger partial charge in [-0.2, -0.15) is 0 Å². The van der Waals surface area contributed by atoms with Crippen molar-refractivity contribution in [2.45, 2.75) is 23.9 Å². The fraction of sp³-hybridized carbons (Fsp3) is 0.500. The van der Waals surface area contributed by atoms with E-state index in [1.54, 1.807) is 6.07 Å². The van der Waals surface area contributed by atoms with Crippen molar-refractivity contribution in [1.82, 2.24) is 4.72 Å². The van der Waals surface area contributed by atoms with Gasteiger partial charge in [0.1, 0.15) is 10.6 Å². The monoisotopic (exact) mass is 334 g/mol. The molecule has 7 nitrogen and oxygen atoms in total. The maximum atomic E-state index is 12.4. The van der Waals surface area contributed by atoms with Crippen LogP contribution < -0.4 is 15.2 Å². The molecule has 1 fully saturated rings. The van der Waals surface area contributed by atoms with Crippen LogP contribution in [0.15, 0.2) is 23.1 Å². The average molecular weight is 334 g/mol. The van der Waals surface area contributed by atoms with Crippen LogP contribution in [0.3, 0.4) is 0 Å². The Bertz CT molecular complexity index is 728. The van der Waals surface area contributed by atoms with Gasteiger partial charge in [0, 0.05) is 12.6 Å². The second-order valence-electron chi connectivity index (χ2n) is 4.91. The van der Waals surface area contributed by atoms with Gasteiger partial charge in [-0.15, -0.1) is 0 Å². The Morgan fingerprint density at radius 1 is 1.43 bits per heavy atom. The summed E-state index contributed by atoms with van der Waals surface area (Å²) in [6.45, 7) is 0.199. The molecule has 0 amide bonds. The molecule has 0 aliphatic carbocycles. The molecular formula is C12H18N2O5S2. The minimum atomic E-state index is -3.86. The van der Waals surface area contributed by atoms with Crippen LogP contribution in [0.1, 0.15) is 12.0 Å². The Morgan fingerprint density at radius 3 is 2.67 bits per heavy atom. The molecule has 118 valence electrons. The molecule has 1 aromatic rings. The molecule has 1 saturated heterocycles. The van der Waals surface area contributed by atoms with Crippen LogP contribution in [-0.2, 0) is 26.4 Å². The molecule has 3 N–H and O–H groups in total. The second-order valence-corrected chi connectivity index (χ2v) is 8.82. The molecule has 1 aliphatic rings. The third-order valence-electron chi connectivity index (χ3n) is 3.31. The Balaban J connectivity index is 2.31. The van der Waals surface area contributed by atoms with Crippen LogP contribution in [-0.4, -0.2) is 41.5 Å². The number of rotatable bonds is 5. The SMILES string of the molecule is COc1ccc(CN)cc1S(=O)(=O)NC1CCS(=O)(=O)C1. The average Bonchev–Trinajstić information content (AvgIpc) is 2.76. The molecule has 0 aromatic heterocycles. The van der Waals surface area contributed by atoms with Crippen LogP contribution in [0.5, 0.6) is 5.75 Å². The summed E-state index contributed by atoms with van der Waals surface area (Å²) in [5, 5.41) is 0. The molecule has 1 heterocycles. The van der Waals surface area contributed by atoms with Crippen molar-refractivity contribution in [1.29, 1.82) is 0 Å². The highest BCUT2D eigenvalue weighted by Crippen LogP contribution is 2.26. The highest BCUT2D eigenvalue weighted by Gasteiger charge is 2.32.